The summed E-state index contributed by atoms with van der Waals surface area (Å²) in [7, 11) is 4.22. The van der Waals surface area contributed by atoms with Gasteiger partial charge in [-0.25, -0.2) is 0 Å². The number of carbonyl (C=O) groups is 1. The molecular formula is C17H25N3O. The number of benzene rings is 1. The van der Waals surface area contributed by atoms with E-state index in [4.69, 9.17) is 0 Å². The van der Waals surface area contributed by atoms with Gasteiger partial charge < -0.3 is 15.5 Å². The van der Waals surface area contributed by atoms with Crippen LogP contribution < -0.4 is 10.6 Å². The smallest absolute Gasteiger partial charge is 0.251 e. The van der Waals surface area contributed by atoms with Crippen molar-refractivity contribution in [3.63, 3.8) is 0 Å². The zero-order chi connectivity index (χ0) is 14.9. The molecule has 0 aromatic heterocycles. The van der Waals surface area contributed by atoms with Crippen LogP contribution in [-0.4, -0.2) is 43.5 Å². The Labute approximate surface area is 126 Å². The maximum absolute atomic E-state index is 12.6. The molecule has 0 bridgehead atoms. The maximum atomic E-state index is 12.6. The molecule has 114 valence electrons. The van der Waals surface area contributed by atoms with Crippen LogP contribution in [0.1, 0.15) is 41.6 Å². The summed E-state index contributed by atoms with van der Waals surface area (Å²) in [5, 5.41) is 6.55. The molecule has 1 heterocycles. The van der Waals surface area contributed by atoms with Gasteiger partial charge >= 0.3 is 0 Å². The van der Waals surface area contributed by atoms with E-state index in [0.29, 0.717) is 0 Å². The molecule has 1 saturated carbocycles. The molecule has 4 heteroatoms. The van der Waals surface area contributed by atoms with Crippen LogP contribution in [0.3, 0.4) is 0 Å². The van der Waals surface area contributed by atoms with Gasteiger partial charge in [0.1, 0.15) is 0 Å². The van der Waals surface area contributed by atoms with Gasteiger partial charge in [-0.05, 0) is 63.9 Å². The summed E-state index contributed by atoms with van der Waals surface area (Å²) in [6.45, 7) is 1.75. The summed E-state index contributed by atoms with van der Waals surface area (Å²) in [4.78, 5) is 14.8. The fraction of sp³-hybridized carbons (Fsp3) is 0.588. The zero-order valence-corrected chi connectivity index (χ0v) is 13.0. The molecule has 3 rings (SSSR count). The molecule has 0 saturated heterocycles. The molecule has 1 amide bonds. The lowest BCUT2D eigenvalue weighted by Crippen LogP contribution is -2.57. The molecule has 0 unspecified atom stereocenters. The molecule has 1 fully saturated rings. The Hall–Kier alpha value is -1.55. The molecule has 0 spiro atoms. The lowest BCUT2D eigenvalue weighted by Gasteiger charge is -2.47. The lowest BCUT2D eigenvalue weighted by atomic mass is 9.75. The summed E-state index contributed by atoms with van der Waals surface area (Å²) >= 11 is 0. The highest BCUT2D eigenvalue weighted by Gasteiger charge is 2.39. The van der Waals surface area contributed by atoms with Crippen LogP contribution in [-0.2, 0) is 6.42 Å². The SMILES string of the molecule is CN(C)C1(CNC(=O)c2cccc3c2CCCN3)CCC1. The fourth-order valence-corrected chi connectivity index (χ4v) is 3.43. The molecule has 0 radical (unpaired) electrons. The third-order valence-corrected chi connectivity index (χ3v) is 5.15. The number of hydrogen-bond donors (Lipinski definition) is 2. The Bertz CT molecular complexity index is 535. The number of rotatable bonds is 4. The van der Waals surface area contributed by atoms with Crippen LogP contribution in [0, 0.1) is 0 Å². The Morgan fingerprint density at radius 1 is 1.33 bits per heavy atom. The van der Waals surface area contributed by atoms with E-state index in [0.717, 1.165) is 37.2 Å². The van der Waals surface area contributed by atoms with Gasteiger partial charge in [0.05, 0.1) is 0 Å². The number of carbonyl (C=O) groups excluding carboxylic acids is 1. The predicted molar refractivity (Wildman–Crippen MR) is 85.9 cm³/mol. The van der Waals surface area contributed by atoms with Gasteiger partial charge in [0, 0.05) is 29.9 Å². The van der Waals surface area contributed by atoms with Gasteiger partial charge in [0.15, 0.2) is 0 Å². The van der Waals surface area contributed by atoms with Crippen molar-refractivity contribution in [2.24, 2.45) is 0 Å². The first kappa shape index (κ1) is 14.4. The Morgan fingerprint density at radius 2 is 2.14 bits per heavy atom. The molecular weight excluding hydrogens is 262 g/mol. The molecule has 1 aromatic rings. The van der Waals surface area contributed by atoms with Crippen molar-refractivity contribution < 1.29 is 4.79 Å². The standard InChI is InChI=1S/C17H25N3O/c1-20(2)17(9-5-10-17)12-19-16(21)14-6-3-8-15-13(14)7-4-11-18-15/h3,6,8,18H,4-5,7,9-12H2,1-2H3,(H,19,21). The highest BCUT2D eigenvalue weighted by atomic mass is 16.1. The molecule has 2 aliphatic rings. The first-order valence-corrected chi connectivity index (χ1v) is 7.94. The number of likely N-dealkylation sites (N-methyl/N-ethyl adjacent to an activating group) is 1. The first-order chi connectivity index (χ1) is 10.1. The van der Waals surface area contributed by atoms with Gasteiger partial charge in [-0.1, -0.05) is 6.07 Å². The van der Waals surface area contributed by atoms with Crippen LogP contribution in [0.25, 0.3) is 0 Å². The third kappa shape index (κ3) is 2.64. The van der Waals surface area contributed by atoms with Crippen molar-refractivity contribution in [2.75, 3.05) is 32.5 Å². The highest BCUT2D eigenvalue weighted by Crippen LogP contribution is 2.35. The molecule has 1 aromatic carbocycles. The third-order valence-electron chi connectivity index (χ3n) is 5.15. The predicted octanol–water partition coefficient (Wildman–Crippen LogP) is 2.26. The molecule has 0 atom stereocenters. The number of fused-ring (bicyclic) bond motifs is 1. The van der Waals surface area contributed by atoms with Crippen LogP contribution >= 0.6 is 0 Å². The number of hydrogen-bond acceptors (Lipinski definition) is 3. The average molecular weight is 287 g/mol. The van der Waals surface area contributed by atoms with E-state index in [1.54, 1.807) is 0 Å². The molecule has 1 aliphatic carbocycles. The molecule has 2 N–H and O–H groups in total. The molecule has 1 aliphatic heterocycles. The van der Waals surface area contributed by atoms with E-state index in [2.05, 4.69) is 35.7 Å². The largest absolute Gasteiger partial charge is 0.385 e. The van der Waals surface area contributed by atoms with E-state index >= 15 is 0 Å². The number of amides is 1. The van der Waals surface area contributed by atoms with Crippen molar-refractivity contribution in [3.05, 3.63) is 29.3 Å². The van der Waals surface area contributed by atoms with E-state index in [1.807, 2.05) is 12.1 Å². The fourth-order valence-electron chi connectivity index (χ4n) is 3.43. The van der Waals surface area contributed by atoms with Crippen molar-refractivity contribution in [1.29, 1.82) is 0 Å². The maximum Gasteiger partial charge on any atom is 0.251 e. The van der Waals surface area contributed by atoms with Gasteiger partial charge in [-0.3, -0.25) is 4.79 Å². The van der Waals surface area contributed by atoms with Crippen molar-refractivity contribution >= 4 is 11.6 Å². The van der Waals surface area contributed by atoms with Gasteiger partial charge in [0.25, 0.3) is 5.91 Å². The Kier molecular flexibility index (Phi) is 3.89. The normalized spacial score (nSPS) is 19.4. The van der Waals surface area contributed by atoms with Crippen molar-refractivity contribution in [1.82, 2.24) is 10.2 Å². The molecule has 4 nitrogen and oxygen atoms in total. The minimum absolute atomic E-state index is 0.0728. The minimum atomic E-state index is 0.0728. The van der Waals surface area contributed by atoms with Gasteiger partial charge in [-0.2, -0.15) is 0 Å². The van der Waals surface area contributed by atoms with Crippen LogP contribution in [0.5, 0.6) is 0 Å². The summed E-state index contributed by atoms with van der Waals surface area (Å²) < 4.78 is 0. The van der Waals surface area contributed by atoms with Gasteiger partial charge in [0.2, 0.25) is 0 Å². The zero-order valence-electron chi connectivity index (χ0n) is 13.0. The second-order valence-electron chi connectivity index (χ2n) is 6.52. The first-order valence-electron chi connectivity index (χ1n) is 7.94. The number of anilines is 1. The average Bonchev–Trinajstić information content (AvgIpc) is 2.45. The highest BCUT2D eigenvalue weighted by molar-refractivity contribution is 5.97. The Morgan fingerprint density at radius 3 is 2.81 bits per heavy atom. The number of nitrogens with one attached hydrogen (secondary N) is 2. The quantitative estimate of drug-likeness (QED) is 0.893. The second-order valence-corrected chi connectivity index (χ2v) is 6.52. The molecule has 21 heavy (non-hydrogen) atoms. The lowest BCUT2D eigenvalue weighted by molar-refractivity contribution is 0.0557. The summed E-state index contributed by atoms with van der Waals surface area (Å²) in [5.41, 5.74) is 3.31. The summed E-state index contributed by atoms with van der Waals surface area (Å²) in [6, 6.07) is 5.99. The van der Waals surface area contributed by atoms with Gasteiger partial charge in [-0.15, -0.1) is 0 Å². The number of nitrogens with zero attached hydrogens (tertiary/aromatic N) is 1. The monoisotopic (exact) mass is 287 g/mol. The topological polar surface area (TPSA) is 44.4 Å². The van der Waals surface area contributed by atoms with Crippen molar-refractivity contribution in [2.45, 2.75) is 37.6 Å². The summed E-state index contributed by atoms with van der Waals surface area (Å²) in [5.74, 6) is 0.0728. The van der Waals surface area contributed by atoms with Crippen LogP contribution in [0.2, 0.25) is 0 Å². The van der Waals surface area contributed by atoms with E-state index in [1.165, 1.54) is 24.8 Å². The summed E-state index contributed by atoms with van der Waals surface area (Å²) in [6.07, 6.45) is 5.70. The van der Waals surface area contributed by atoms with Crippen molar-refractivity contribution in [3.8, 4) is 0 Å². The second kappa shape index (κ2) is 5.68. The van der Waals surface area contributed by atoms with Crippen LogP contribution in [0.4, 0.5) is 5.69 Å². The van der Waals surface area contributed by atoms with E-state index < -0.39 is 0 Å². The minimum Gasteiger partial charge on any atom is -0.385 e. The van der Waals surface area contributed by atoms with Crippen LogP contribution in [0.15, 0.2) is 18.2 Å². The van der Waals surface area contributed by atoms with E-state index in [9.17, 15) is 4.79 Å². The Balaban J connectivity index is 1.71. The van der Waals surface area contributed by atoms with E-state index in [-0.39, 0.29) is 11.4 Å².